The zero-order valence-electron chi connectivity index (χ0n) is 8.62. The number of hydrogen-bond acceptors (Lipinski definition) is 1. The molecule has 0 radical (unpaired) electrons. The van der Waals surface area contributed by atoms with Crippen LogP contribution in [0.4, 0.5) is 0 Å². The fourth-order valence-corrected chi connectivity index (χ4v) is 1.14. The molecule has 0 aromatic rings. The van der Waals surface area contributed by atoms with E-state index in [2.05, 4.69) is 13.8 Å². The van der Waals surface area contributed by atoms with Crippen molar-refractivity contribution in [3.63, 3.8) is 0 Å². The highest BCUT2D eigenvalue weighted by Gasteiger charge is 1.96. The minimum absolute atomic E-state index is 0.809. The third kappa shape index (κ3) is 9.12. The Morgan fingerprint density at radius 1 is 1.46 bits per heavy atom. The van der Waals surface area contributed by atoms with Crippen molar-refractivity contribution in [2.75, 3.05) is 0 Å². The zero-order chi connectivity index (χ0) is 10.1. The van der Waals surface area contributed by atoms with Crippen molar-refractivity contribution >= 4 is 5.97 Å². The number of allylic oxidation sites excluding steroid dienone is 1. The molecule has 0 aliphatic carbocycles. The summed E-state index contributed by atoms with van der Waals surface area (Å²) in [5, 5.41) is 8.31. The molecule has 0 bridgehead atoms. The van der Waals surface area contributed by atoms with Gasteiger partial charge in [-0.05, 0) is 18.8 Å². The molecule has 0 heterocycles. The molecule has 0 saturated carbocycles. The van der Waals surface area contributed by atoms with E-state index < -0.39 is 5.97 Å². The molecule has 1 N–H and O–H groups in total. The van der Waals surface area contributed by atoms with E-state index in [0.29, 0.717) is 0 Å². The first-order chi connectivity index (χ1) is 6.16. The van der Waals surface area contributed by atoms with Crippen LogP contribution in [0.25, 0.3) is 0 Å². The third-order valence-corrected chi connectivity index (χ3v) is 2.28. The predicted molar refractivity (Wildman–Crippen MR) is 54.7 cm³/mol. The van der Waals surface area contributed by atoms with Gasteiger partial charge in [0.25, 0.3) is 0 Å². The summed E-state index contributed by atoms with van der Waals surface area (Å²) < 4.78 is 0. The molecule has 0 fully saturated rings. The number of carboxylic acids is 1. The van der Waals surface area contributed by atoms with Crippen LogP contribution < -0.4 is 0 Å². The Hall–Kier alpha value is -0.790. The molecule has 1 unspecified atom stereocenters. The van der Waals surface area contributed by atoms with E-state index in [9.17, 15) is 4.79 Å². The maximum Gasteiger partial charge on any atom is 0.327 e. The first-order valence-corrected chi connectivity index (χ1v) is 5.06. The van der Waals surface area contributed by atoms with Crippen molar-refractivity contribution in [2.45, 2.75) is 46.0 Å². The van der Waals surface area contributed by atoms with Crippen LogP contribution in [0.5, 0.6) is 0 Å². The Morgan fingerprint density at radius 2 is 2.15 bits per heavy atom. The molecule has 0 aromatic carbocycles. The van der Waals surface area contributed by atoms with E-state index in [4.69, 9.17) is 5.11 Å². The average molecular weight is 184 g/mol. The fraction of sp³-hybridized carbons (Fsp3) is 0.727. The lowest BCUT2D eigenvalue weighted by Crippen LogP contribution is -1.91. The third-order valence-electron chi connectivity index (χ3n) is 2.28. The van der Waals surface area contributed by atoms with Gasteiger partial charge in [-0.2, -0.15) is 0 Å². The van der Waals surface area contributed by atoms with Crippen LogP contribution in [0, 0.1) is 5.92 Å². The van der Waals surface area contributed by atoms with Crippen molar-refractivity contribution in [3.05, 3.63) is 12.2 Å². The maximum atomic E-state index is 10.1. The van der Waals surface area contributed by atoms with Crippen molar-refractivity contribution in [3.8, 4) is 0 Å². The summed E-state index contributed by atoms with van der Waals surface area (Å²) in [5.74, 6) is -0.0367. The summed E-state index contributed by atoms with van der Waals surface area (Å²) in [6, 6.07) is 0. The van der Waals surface area contributed by atoms with Gasteiger partial charge in [0.15, 0.2) is 0 Å². The number of carboxylic acid groups (broad SMARTS) is 1. The normalized spacial score (nSPS) is 13.4. The van der Waals surface area contributed by atoms with E-state index in [1.807, 2.05) is 0 Å². The van der Waals surface area contributed by atoms with Crippen LogP contribution >= 0.6 is 0 Å². The van der Waals surface area contributed by atoms with E-state index >= 15 is 0 Å². The van der Waals surface area contributed by atoms with Gasteiger partial charge < -0.3 is 5.11 Å². The fourth-order valence-electron chi connectivity index (χ4n) is 1.14. The van der Waals surface area contributed by atoms with Crippen LogP contribution in [0.1, 0.15) is 46.0 Å². The molecule has 0 amide bonds. The quantitative estimate of drug-likeness (QED) is 0.487. The van der Waals surface area contributed by atoms with Gasteiger partial charge >= 0.3 is 5.97 Å². The summed E-state index contributed by atoms with van der Waals surface area (Å²) in [6.07, 6.45) is 8.67. The molecular formula is C11H20O2. The minimum Gasteiger partial charge on any atom is -0.478 e. The summed E-state index contributed by atoms with van der Waals surface area (Å²) in [5.41, 5.74) is 0. The van der Waals surface area contributed by atoms with Gasteiger partial charge in [0.2, 0.25) is 0 Å². The van der Waals surface area contributed by atoms with Crippen LogP contribution in [0.15, 0.2) is 12.2 Å². The molecule has 1 atom stereocenters. The number of hydrogen-bond donors (Lipinski definition) is 1. The Balaban J connectivity index is 3.21. The highest BCUT2D eigenvalue weighted by molar-refractivity contribution is 5.79. The lowest BCUT2D eigenvalue weighted by molar-refractivity contribution is -0.131. The summed E-state index contributed by atoms with van der Waals surface area (Å²) in [6.45, 7) is 4.46. The summed E-state index contributed by atoms with van der Waals surface area (Å²) >= 11 is 0. The maximum absolute atomic E-state index is 10.1. The second kappa shape index (κ2) is 7.84. The first-order valence-electron chi connectivity index (χ1n) is 5.06. The molecule has 2 nitrogen and oxygen atoms in total. The average Bonchev–Trinajstić information content (AvgIpc) is 2.10. The number of rotatable bonds is 7. The second-order valence-corrected chi connectivity index (χ2v) is 3.54. The molecule has 0 rings (SSSR count). The number of aliphatic carboxylic acids is 1. The van der Waals surface area contributed by atoms with Gasteiger partial charge in [0.1, 0.15) is 0 Å². The van der Waals surface area contributed by atoms with Crippen molar-refractivity contribution in [2.24, 2.45) is 5.92 Å². The van der Waals surface area contributed by atoms with Crippen LogP contribution in [-0.2, 0) is 4.79 Å². The highest BCUT2D eigenvalue weighted by Crippen LogP contribution is 2.12. The summed E-state index contributed by atoms with van der Waals surface area (Å²) in [7, 11) is 0. The van der Waals surface area contributed by atoms with E-state index in [1.54, 1.807) is 6.08 Å². The Labute approximate surface area is 80.7 Å². The Bertz CT molecular complexity index is 161. The van der Waals surface area contributed by atoms with Gasteiger partial charge in [-0.15, -0.1) is 0 Å². The molecule has 0 spiro atoms. The molecule has 0 aliphatic rings. The predicted octanol–water partition coefficient (Wildman–Crippen LogP) is 3.23. The molecule has 13 heavy (non-hydrogen) atoms. The molecule has 0 aliphatic heterocycles. The topological polar surface area (TPSA) is 37.3 Å². The van der Waals surface area contributed by atoms with Crippen LogP contribution in [0.3, 0.4) is 0 Å². The highest BCUT2D eigenvalue weighted by atomic mass is 16.4. The van der Waals surface area contributed by atoms with E-state index in [1.165, 1.54) is 25.3 Å². The lowest BCUT2D eigenvalue weighted by atomic mass is 10.0. The first kappa shape index (κ1) is 12.2. The van der Waals surface area contributed by atoms with E-state index in [0.717, 1.165) is 18.8 Å². The Kier molecular flexibility index (Phi) is 7.36. The SMILES string of the molecule is CCC(C)CCCCC=CC(=O)O. The molecule has 76 valence electrons. The minimum atomic E-state index is -0.845. The monoisotopic (exact) mass is 184 g/mol. The van der Waals surface area contributed by atoms with Gasteiger partial charge in [-0.1, -0.05) is 39.2 Å². The summed E-state index contributed by atoms with van der Waals surface area (Å²) in [4.78, 5) is 10.1. The van der Waals surface area contributed by atoms with Gasteiger partial charge in [-0.3, -0.25) is 0 Å². The van der Waals surface area contributed by atoms with Crippen molar-refractivity contribution in [1.29, 1.82) is 0 Å². The lowest BCUT2D eigenvalue weighted by Gasteiger charge is -2.05. The van der Waals surface area contributed by atoms with Crippen LogP contribution in [0.2, 0.25) is 0 Å². The number of carbonyl (C=O) groups is 1. The van der Waals surface area contributed by atoms with Gasteiger partial charge in [0.05, 0.1) is 0 Å². The molecule has 2 heteroatoms. The van der Waals surface area contributed by atoms with Gasteiger partial charge in [0, 0.05) is 6.08 Å². The number of unbranched alkanes of at least 4 members (excludes halogenated alkanes) is 2. The Morgan fingerprint density at radius 3 is 2.69 bits per heavy atom. The molecule has 0 aromatic heterocycles. The van der Waals surface area contributed by atoms with E-state index in [-0.39, 0.29) is 0 Å². The molecule has 0 saturated heterocycles. The standard InChI is InChI=1S/C11H20O2/c1-3-10(2)8-6-4-5-7-9-11(12)13/h7,9-10H,3-6,8H2,1-2H3,(H,12,13). The second-order valence-electron chi connectivity index (χ2n) is 3.54. The zero-order valence-corrected chi connectivity index (χ0v) is 8.62. The van der Waals surface area contributed by atoms with Crippen LogP contribution in [-0.4, -0.2) is 11.1 Å². The van der Waals surface area contributed by atoms with Crippen molar-refractivity contribution < 1.29 is 9.90 Å². The molecular weight excluding hydrogens is 164 g/mol. The van der Waals surface area contributed by atoms with Crippen molar-refractivity contribution in [1.82, 2.24) is 0 Å². The largest absolute Gasteiger partial charge is 0.478 e. The smallest absolute Gasteiger partial charge is 0.327 e. The van der Waals surface area contributed by atoms with Gasteiger partial charge in [-0.25, -0.2) is 4.79 Å².